The van der Waals surface area contributed by atoms with Crippen molar-refractivity contribution in [1.82, 2.24) is 0 Å². The first-order chi connectivity index (χ1) is 35.1. The summed E-state index contributed by atoms with van der Waals surface area (Å²) in [7, 11) is 0. The number of carbonyl (C=O) groups excluding carboxylic acids is 3. The summed E-state index contributed by atoms with van der Waals surface area (Å²) in [6.45, 7) is 15.6. The molecular weight excluding hydrogens is 901 g/mol. The molecule has 0 aromatic heterocycles. The molecule has 0 heterocycles. The fourth-order valence-electron chi connectivity index (χ4n) is 9.36. The molecule has 428 valence electrons. The molecule has 0 atom stereocenters. The van der Waals surface area contributed by atoms with Crippen LogP contribution in [0.4, 0.5) is 0 Å². The summed E-state index contributed by atoms with van der Waals surface area (Å²) in [5, 5.41) is 0. The number of carbonyl (C=O) groups is 3. The second-order valence-electron chi connectivity index (χ2n) is 22.8. The molecule has 0 aliphatic carbocycles. The molecule has 0 unspecified atom stereocenters. The van der Waals surface area contributed by atoms with Crippen molar-refractivity contribution < 1.29 is 42.8 Å². The predicted molar refractivity (Wildman–Crippen MR) is 303 cm³/mol. The summed E-state index contributed by atoms with van der Waals surface area (Å²) >= 11 is 0. The van der Waals surface area contributed by atoms with E-state index in [0.29, 0.717) is 19.3 Å². The number of ether oxygens (including phenoxy) is 6. The molecule has 0 aliphatic heterocycles. The van der Waals surface area contributed by atoms with Gasteiger partial charge in [-0.05, 0) is 37.0 Å². The van der Waals surface area contributed by atoms with E-state index in [4.69, 9.17) is 28.4 Å². The highest BCUT2D eigenvalue weighted by molar-refractivity contribution is 5.69. The van der Waals surface area contributed by atoms with Crippen LogP contribution in [0, 0.1) is 17.8 Å². The Kier molecular flexibility index (Phi) is 55.7. The highest BCUT2D eigenvalue weighted by Crippen LogP contribution is 2.18. The molecule has 0 aromatic carbocycles. The summed E-state index contributed by atoms with van der Waals surface area (Å²) in [5.74, 6) is 1.95. The average molecular weight is 1020 g/mol. The van der Waals surface area contributed by atoms with Crippen LogP contribution in [0.3, 0.4) is 0 Å². The molecule has 72 heavy (non-hydrogen) atoms. The van der Waals surface area contributed by atoms with Gasteiger partial charge in [0.05, 0.1) is 33.0 Å². The lowest BCUT2D eigenvalue weighted by Gasteiger charge is -2.18. The van der Waals surface area contributed by atoms with Crippen molar-refractivity contribution in [2.75, 3.05) is 52.9 Å². The number of rotatable bonds is 59. The monoisotopic (exact) mass is 1020 g/mol. The quantitative estimate of drug-likeness (QED) is 0.0334. The molecule has 0 amide bonds. The van der Waals surface area contributed by atoms with Crippen LogP contribution in [0.2, 0.25) is 0 Å². The Morgan fingerprint density at radius 1 is 0.264 bits per heavy atom. The van der Waals surface area contributed by atoms with Gasteiger partial charge in [-0.1, -0.05) is 273 Å². The maximum absolute atomic E-state index is 12.4. The maximum Gasteiger partial charge on any atom is 0.305 e. The van der Waals surface area contributed by atoms with Crippen molar-refractivity contribution in [2.24, 2.45) is 17.8 Å². The highest BCUT2D eigenvalue weighted by atomic mass is 16.6. The van der Waals surface area contributed by atoms with E-state index >= 15 is 0 Å². The van der Waals surface area contributed by atoms with E-state index in [0.717, 1.165) is 56.3 Å². The van der Waals surface area contributed by atoms with Gasteiger partial charge in [-0.25, -0.2) is 0 Å². The fourth-order valence-corrected chi connectivity index (χ4v) is 9.36. The third-order valence-corrected chi connectivity index (χ3v) is 14.0. The highest BCUT2D eigenvalue weighted by Gasteiger charge is 2.13. The zero-order chi connectivity index (χ0) is 52.6. The molecule has 0 spiro atoms. The van der Waals surface area contributed by atoms with Crippen LogP contribution >= 0.6 is 0 Å². The van der Waals surface area contributed by atoms with Crippen LogP contribution in [0.5, 0.6) is 0 Å². The number of hydrogen-bond acceptors (Lipinski definition) is 9. The summed E-state index contributed by atoms with van der Waals surface area (Å²) in [5.41, 5.74) is 0. The molecule has 9 heteroatoms. The first-order valence-electron chi connectivity index (χ1n) is 31.3. The molecule has 9 nitrogen and oxygen atoms in total. The van der Waals surface area contributed by atoms with Gasteiger partial charge in [-0.3, -0.25) is 14.4 Å². The van der Waals surface area contributed by atoms with Crippen molar-refractivity contribution in [2.45, 2.75) is 317 Å². The summed E-state index contributed by atoms with van der Waals surface area (Å²) in [6, 6.07) is 0. The second kappa shape index (κ2) is 57.0. The Balaban J connectivity index is 4.25. The minimum atomic E-state index is -0.413. The van der Waals surface area contributed by atoms with E-state index in [1.54, 1.807) is 0 Å². The van der Waals surface area contributed by atoms with Gasteiger partial charge in [0.25, 0.3) is 0 Å². The third-order valence-electron chi connectivity index (χ3n) is 14.0. The van der Waals surface area contributed by atoms with Crippen molar-refractivity contribution >= 4 is 17.9 Å². The normalized spacial score (nSPS) is 11.8. The molecule has 0 rings (SSSR count). The van der Waals surface area contributed by atoms with Gasteiger partial charge >= 0.3 is 17.9 Å². The van der Waals surface area contributed by atoms with Gasteiger partial charge in [-0.2, -0.15) is 0 Å². The minimum absolute atomic E-state index is 0.167. The molecular formula is C63H122O9. The van der Waals surface area contributed by atoms with Crippen LogP contribution < -0.4 is 0 Å². The average Bonchev–Trinajstić information content (AvgIpc) is 3.34. The van der Waals surface area contributed by atoms with E-state index in [9.17, 15) is 14.4 Å². The largest absolute Gasteiger partial charge is 0.463 e. The van der Waals surface area contributed by atoms with Gasteiger partial charge in [0.15, 0.2) is 0 Å². The SMILES string of the molecule is CC(C)CCCCCCCCCCCCCCC(=O)OCCOCC(COCCOC(=O)CCCCCCCCCCCCCCC(C)C)OCCOC(=O)CCCCCCCCCCCCCCC(C)C. The fraction of sp³-hybridized carbons (Fsp3) is 0.952. The number of unbranched alkanes of at least 4 members (excludes halogenated alkanes) is 33. The van der Waals surface area contributed by atoms with Crippen LogP contribution in [0.25, 0.3) is 0 Å². The molecule has 0 radical (unpaired) electrons. The van der Waals surface area contributed by atoms with E-state index in [2.05, 4.69) is 41.5 Å². The zero-order valence-corrected chi connectivity index (χ0v) is 48.8. The van der Waals surface area contributed by atoms with E-state index in [-0.39, 0.29) is 70.8 Å². The lowest BCUT2D eigenvalue weighted by molar-refractivity contribution is -0.150. The molecule has 0 aliphatic rings. The predicted octanol–water partition coefficient (Wildman–Crippen LogP) is 18.4. The summed E-state index contributed by atoms with van der Waals surface area (Å²) in [4.78, 5) is 37.1. The van der Waals surface area contributed by atoms with Gasteiger partial charge < -0.3 is 28.4 Å². The summed E-state index contributed by atoms with van der Waals surface area (Å²) in [6.07, 6.45) is 50.6. The summed E-state index contributed by atoms with van der Waals surface area (Å²) < 4.78 is 34.0. The first-order valence-corrected chi connectivity index (χ1v) is 31.3. The third kappa shape index (κ3) is 59.2. The van der Waals surface area contributed by atoms with Gasteiger partial charge in [-0.15, -0.1) is 0 Å². The van der Waals surface area contributed by atoms with Crippen molar-refractivity contribution in [1.29, 1.82) is 0 Å². The number of hydrogen-bond donors (Lipinski definition) is 0. The van der Waals surface area contributed by atoms with Crippen molar-refractivity contribution in [3.8, 4) is 0 Å². The first kappa shape index (κ1) is 70.3. The van der Waals surface area contributed by atoms with Crippen LogP contribution in [0.15, 0.2) is 0 Å². The Morgan fingerprint density at radius 3 is 0.708 bits per heavy atom. The molecule has 0 saturated carbocycles. The van der Waals surface area contributed by atoms with Gasteiger partial charge in [0.2, 0.25) is 0 Å². The van der Waals surface area contributed by atoms with E-state index < -0.39 is 6.10 Å². The minimum Gasteiger partial charge on any atom is -0.463 e. The molecule has 0 bridgehead atoms. The smallest absolute Gasteiger partial charge is 0.305 e. The Morgan fingerprint density at radius 2 is 0.472 bits per heavy atom. The van der Waals surface area contributed by atoms with Gasteiger partial charge in [0, 0.05) is 19.3 Å². The van der Waals surface area contributed by atoms with Crippen molar-refractivity contribution in [3.63, 3.8) is 0 Å². The Bertz CT molecular complexity index is 1070. The maximum atomic E-state index is 12.4. The molecule has 0 N–H and O–H groups in total. The molecule has 0 aromatic rings. The van der Waals surface area contributed by atoms with Crippen LogP contribution in [-0.2, 0) is 42.8 Å². The Hall–Kier alpha value is -1.71. The molecule has 0 saturated heterocycles. The Labute approximate surface area is 447 Å². The van der Waals surface area contributed by atoms with Crippen molar-refractivity contribution in [3.05, 3.63) is 0 Å². The standard InChI is InChI=1S/C63H122O9/c1-57(2)43-37-31-25-19-13-7-10-16-22-28-34-40-46-61(64)70-51-49-67-55-60(69-53-54-72-63(66)48-42-36-30-24-18-12-9-15-21-27-33-39-45-59(5)6)56-68-50-52-71-62(65)47-41-35-29-23-17-11-8-14-20-26-32-38-44-58(3)4/h57-60H,7-56H2,1-6H3. The van der Waals surface area contributed by atoms with Gasteiger partial charge in [0.1, 0.15) is 25.9 Å². The van der Waals surface area contributed by atoms with E-state index in [1.807, 2.05) is 0 Å². The van der Waals surface area contributed by atoms with E-state index in [1.165, 1.54) is 212 Å². The number of esters is 3. The molecule has 0 fully saturated rings. The zero-order valence-electron chi connectivity index (χ0n) is 48.8. The lowest BCUT2D eigenvalue weighted by Crippen LogP contribution is -2.29. The van der Waals surface area contributed by atoms with Crippen LogP contribution in [0.1, 0.15) is 311 Å². The second-order valence-corrected chi connectivity index (χ2v) is 22.8. The van der Waals surface area contributed by atoms with Crippen LogP contribution in [-0.4, -0.2) is 76.9 Å². The topological polar surface area (TPSA) is 107 Å². The lowest BCUT2D eigenvalue weighted by atomic mass is 10.0.